The smallest absolute Gasteiger partial charge is 0.356 e. The SMILES string of the molecule is COC(=O)c1[nH]c2ccc(C)cc2c1NC(=O)CN1C[C@H](C)O[C@@H](C)C1. The summed E-state index contributed by atoms with van der Waals surface area (Å²) in [5.41, 5.74) is 2.54. The van der Waals surface area contributed by atoms with Gasteiger partial charge in [0, 0.05) is 24.0 Å². The van der Waals surface area contributed by atoms with E-state index in [1.165, 1.54) is 7.11 Å². The van der Waals surface area contributed by atoms with E-state index in [4.69, 9.17) is 9.47 Å². The summed E-state index contributed by atoms with van der Waals surface area (Å²) in [5, 5.41) is 3.69. The molecule has 0 saturated carbocycles. The lowest BCUT2D eigenvalue weighted by Crippen LogP contribution is -2.48. The quantitative estimate of drug-likeness (QED) is 0.819. The highest BCUT2D eigenvalue weighted by molar-refractivity contribution is 6.11. The van der Waals surface area contributed by atoms with Gasteiger partial charge in [0.1, 0.15) is 5.69 Å². The van der Waals surface area contributed by atoms with Crippen LogP contribution >= 0.6 is 0 Å². The van der Waals surface area contributed by atoms with Crippen molar-refractivity contribution in [1.82, 2.24) is 9.88 Å². The highest BCUT2D eigenvalue weighted by atomic mass is 16.5. The van der Waals surface area contributed by atoms with Crippen molar-refractivity contribution in [2.24, 2.45) is 0 Å². The van der Waals surface area contributed by atoms with Gasteiger partial charge in [0.05, 0.1) is 31.5 Å². The van der Waals surface area contributed by atoms with Crippen molar-refractivity contribution < 1.29 is 19.1 Å². The summed E-state index contributed by atoms with van der Waals surface area (Å²) in [7, 11) is 1.32. The molecule has 1 aromatic heterocycles. The number of aryl methyl sites for hydroxylation is 1. The van der Waals surface area contributed by atoms with Crippen molar-refractivity contribution in [2.45, 2.75) is 33.0 Å². The Hall–Kier alpha value is -2.38. The second-order valence-electron chi connectivity index (χ2n) is 6.92. The molecule has 1 aromatic carbocycles. The fourth-order valence-electron chi connectivity index (χ4n) is 3.49. The molecule has 1 amide bonds. The molecule has 0 unspecified atom stereocenters. The van der Waals surface area contributed by atoms with Crippen molar-refractivity contribution in [1.29, 1.82) is 0 Å². The molecule has 0 aliphatic carbocycles. The molecule has 1 aliphatic rings. The van der Waals surface area contributed by atoms with E-state index in [9.17, 15) is 9.59 Å². The van der Waals surface area contributed by atoms with Gasteiger partial charge >= 0.3 is 5.97 Å². The lowest BCUT2D eigenvalue weighted by atomic mass is 10.1. The van der Waals surface area contributed by atoms with Gasteiger partial charge < -0.3 is 19.8 Å². The second kappa shape index (κ2) is 7.47. The van der Waals surface area contributed by atoms with E-state index in [-0.39, 0.29) is 30.4 Å². The first-order valence-corrected chi connectivity index (χ1v) is 8.75. The molecule has 26 heavy (non-hydrogen) atoms. The second-order valence-corrected chi connectivity index (χ2v) is 6.92. The van der Waals surface area contributed by atoms with Gasteiger partial charge in [0.2, 0.25) is 5.91 Å². The fraction of sp³-hybridized carbons (Fsp3) is 0.474. The fourth-order valence-corrected chi connectivity index (χ4v) is 3.49. The number of fused-ring (bicyclic) bond motifs is 1. The number of hydrogen-bond donors (Lipinski definition) is 2. The number of aromatic nitrogens is 1. The number of carbonyl (C=O) groups excluding carboxylic acids is 2. The number of esters is 1. The summed E-state index contributed by atoms with van der Waals surface area (Å²) >= 11 is 0. The molecule has 2 heterocycles. The average Bonchev–Trinajstić information content (AvgIpc) is 2.91. The number of benzene rings is 1. The minimum atomic E-state index is -0.511. The number of aromatic amines is 1. The van der Waals surface area contributed by atoms with E-state index in [0.29, 0.717) is 18.8 Å². The van der Waals surface area contributed by atoms with Gasteiger partial charge in [-0.25, -0.2) is 4.79 Å². The van der Waals surface area contributed by atoms with Gasteiger partial charge in [0.15, 0.2) is 0 Å². The first-order chi connectivity index (χ1) is 12.4. The number of carbonyl (C=O) groups is 2. The maximum absolute atomic E-state index is 12.6. The molecule has 140 valence electrons. The molecule has 0 bridgehead atoms. The first-order valence-electron chi connectivity index (χ1n) is 8.75. The Morgan fingerprint density at radius 2 is 2.00 bits per heavy atom. The van der Waals surface area contributed by atoms with Crippen LogP contribution in [-0.2, 0) is 14.3 Å². The number of H-pyrrole nitrogens is 1. The van der Waals surface area contributed by atoms with E-state index >= 15 is 0 Å². The van der Waals surface area contributed by atoms with E-state index in [0.717, 1.165) is 16.5 Å². The van der Waals surface area contributed by atoms with E-state index < -0.39 is 5.97 Å². The highest BCUT2D eigenvalue weighted by Gasteiger charge is 2.25. The third kappa shape index (κ3) is 3.89. The largest absolute Gasteiger partial charge is 0.464 e. The number of morpholine rings is 1. The Bertz CT molecular complexity index is 820. The molecule has 2 aromatic rings. The zero-order chi connectivity index (χ0) is 18.8. The molecule has 1 aliphatic heterocycles. The van der Waals surface area contributed by atoms with Crippen molar-refractivity contribution in [2.75, 3.05) is 32.1 Å². The summed E-state index contributed by atoms with van der Waals surface area (Å²) in [5.74, 6) is -0.679. The third-order valence-corrected chi connectivity index (χ3v) is 4.47. The summed E-state index contributed by atoms with van der Waals surface area (Å²) in [6, 6.07) is 5.77. The summed E-state index contributed by atoms with van der Waals surface area (Å²) < 4.78 is 10.5. The normalized spacial score (nSPS) is 20.9. The Labute approximate surface area is 152 Å². The molecule has 3 rings (SSSR count). The van der Waals surface area contributed by atoms with Gasteiger partial charge in [0.25, 0.3) is 0 Å². The van der Waals surface area contributed by atoms with Crippen LogP contribution in [0.3, 0.4) is 0 Å². The molecule has 7 heteroatoms. The summed E-state index contributed by atoms with van der Waals surface area (Å²) in [6.45, 7) is 7.61. The number of rotatable bonds is 4. The molecule has 0 spiro atoms. The Balaban J connectivity index is 1.83. The van der Waals surface area contributed by atoms with Gasteiger partial charge in [-0.15, -0.1) is 0 Å². The van der Waals surface area contributed by atoms with Crippen LogP contribution in [-0.4, -0.2) is 60.7 Å². The van der Waals surface area contributed by atoms with Crippen molar-refractivity contribution in [3.8, 4) is 0 Å². The lowest BCUT2D eigenvalue weighted by molar-refractivity contribution is -0.121. The number of hydrogen-bond acceptors (Lipinski definition) is 5. The lowest BCUT2D eigenvalue weighted by Gasteiger charge is -2.34. The van der Waals surface area contributed by atoms with Crippen molar-refractivity contribution in [3.05, 3.63) is 29.5 Å². The number of ether oxygens (including phenoxy) is 2. The molecule has 0 radical (unpaired) electrons. The van der Waals surface area contributed by atoms with Crippen molar-refractivity contribution >= 4 is 28.5 Å². The number of amides is 1. The van der Waals surface area contributed by atoms with Crippen LogP contribution in [0.2, 0.25) is 0 Å². The average molecular weight is 359 g/mol. The maximum Gasteiger partial charge on any atom is 0.356 e. The highest BCUT2D eigenvalue weighted by Crippen LogP contribution is 2.29. The van der Waals surface area contributed by atoms with Crippen LogP contribution in [0.4, 0.5) is 5.69 Å². The molecule has 1 saturated heterocycles. The number of nitrogens with one attached hydrogen (secondary N) is 2. The van der Waals surface area contributed by atoms with E-state index in [1.54, 1.807) is 0 Å². The zero-order valence-electron chi connectivity index (χ0n) is 15.6. The Kier molecular flexibility index (Phi) is 5.29. The van der Waals surface area contributed by atoms with E-state index in [1.807, 2.05) is 39.0 Å². The molecular formula is C19H25N3O4. The third-order valence-electron chi connectivity index (χ3n) is 4.47. The van der Waals surface area contributed by atoms with Crippen LogP contribution < -0.4 is 5.32 Å². The molecule has 2 N–H and O–H groups in total. The molecular weight excluding hydrogens is 334 g/mol. The molecule has 7 nitrogen and oxygen atoms in total. The summed E-state index contributed by atoms with van der Waals surface area (Å²) in [6.07, 6.45) is 0.181. The Morgan fingerprint density at radius 3 is 2.65 bits per heavy atom. The van der Waals surface area contributed by atoms with Crippen LogP contribution in [0.15, 0.2) is 18.2 Å². The number of methoxy groups -OCH3 is 1. The first kappa shape index (κ1) is 18.4. The minimum Gasteiger partial charge on any atom is -0.464 e. The van der Waals surface area contributed by atoms with Crippen LogP contribution in [0.5, 0.6) is 0 Å². The predicted octanol–water partition coefficient (Wildman–Crippen LogP) is 2.31. The van der Waals surface area contributed by atoms with Gasteiger partial charge in [-0.05, 0) is 32.9 Å². The number of anilines is 1. The standard InChI is InChI=1S/C19H25N3O4/c1-11-5-6-15-14(7-11)17(18(20-15)19(24)25-4)21-16(23)10-22-8-12(2)26-13(3)9-22/h5-7,12-13,20H,8-10H2,1-4H3,(H,21,23)/t12-,13-/m0/s1. The van der Waals surface area contributed by atoms with Gasteiger partial charge in [-0.1, -0.05) is 11.6 Å². The predicted molar refractivity (Wildman–Crippen MR) is 99.5 cm³/mol. The minimum absolute atomic E-state index is 0.0907. The van der Waals surface area contributed by atoms with Gasteiger partial charge in [-0.2, -0.15) is 0 Å². The van der Waals surface area contributed by atoms with Crippen molar-refractivity contribution in [3.63, 3.8) is 0 Å². The maximum atomic E-state index is 12.6. The van der Waals surface area contributed by atoms with E-state index in [2.05, 4.69) is 15.2 Å². The number of nitrogens with zero attached hydrogens (tertiary/aromatic N) is 1. The monoisotopic (exact) mass is 359 g/mol. The molecule has 1 fully saturated rings. The topological polar surface area (TPSA) is 83.7 Å². The molecule has 2 atom stereocenters. The summed E-state index contributed by atoms with van der Waals surface area (Å²) in [4.78, 5) is 29.8. The van der Waals surface area contributed by atoms with Crippen LogP contribution in [0.1, 0.15) is 29.9 Å². The van der Waals surface area contributed by atoms with Crippen LogP contribution in [0, 0.1) is 6.92 Å². The zero-order valence-corrected chi connectivity index (χ0v) is 15.6. The van der Waals surface area contributed by atoms with Crippen LogP contribution in [0.25, 0.3) is 10.9 Å². The van der Waals surface area contributed by atoms with Gasteiger partial charge in [-0.3, -0.25) is 9.69 Å². The Morgan fingerprint density at radius 1 is 1.31 bits per heavy atom.